The minimum atomic E-state index is -2.28. The average molecular weight is 365 g/mol. The fourth-order valence-electron chi connectivity index (χ4n) is 1.94. The summed E-state index contributed by atoms with van der Waals surface area (Å²) >= 11 is 3.36. The van der Waals surface area contributed by atoms with Crippen molar-refractivity contribution in [3.05, 3.63) is 58.6 Å². The van der Waals surface area contributed by atoms with Crippen molar-refractivity contribution in [3.8, 4) is 11.1 Å². The van der Waals surface area contributed by atoms with Gasteiger partial charge in [0.2, 0.25) is 5.78 Å². The van der Waals surface area contributed by atoms with Crippen LogP contribution in [0.15, 0.2) is 53.0 Å². The molecule has 5 heteroatoms. The van der Waals surface area contributed by atoms with E-state index in [9.17, 15) is 14.0 Å². The molecule has 22 heavy (non-hydrogen) atoms. The monoisotopic (exact) mass is 364 g/mol. The summed E-state index contributed by atoms with van der Waals surface area (Å²) in [6.07, 6.45) is -2.28. The van der Waals surface area contributed by atoms with Crippen LogP contribution in [0.2, 0.25) is 0 Å². The van der Waals surface area contributed by atoms with Crippen molar-refractivity contribution in [1.82, 2.24) is 0 Å². The van der Waals surface area contributed by atoms with E-state index in [1.165, 1.54) is 12.1 Å². The number of esters is 1. The maximum atomic E-state index is 13.7. The Morgan fingerprint density at radius 2 is 1.55 bits per heavy atom. The number of carbonyl (C=O) groups is 2. The number of ketones is 1. The van der Waals surface area contributed by atoms with E-state index in [0.717, 1.165) is 15.6 Å². The normalized spacial score (nSPS) is 11.8. The molecule has 0 aliphatic rings. The molecule has 0 aliphatic heterocycles. The van der Waals surface area contributed by atoms with Crippen LogP contribution in [0.1, 0.15) is 17.3 Å². The summed E-state index contributed by atoms with van der Waals surface area (Å²) in [6.45, 7) is 1.59. The van der Waals surface area contributed by atoms with Gasteiger partial charge in [-0.3, -0.25) is 4.79 Å². The number of benzene rings is 2. The van der Waals surface area contributed by atoms with Gasteiger partial charge in [-0.1, -0.05) is 52.3 Å². The van der Waals surface area contributed by atoms with Crippen molar-refractivity contribution >= 4 is 27.7 Å². The lowest BCUT2D eigenvalue weighted by Crippen LogP contribution is -2.27. The standard InChI is InChI=1S/C17H14BrFO3/c1-2-22-17(21)15(19)16(20)13-5-3-11(4-6-13)12-7-9-14(18)10-8-12/h3-10,15H,2H2,1H3. The van der Waals surface area contributed by atoms with Crippen LogP contribution in [-0.2, 0) is 9.53 Å². The minimum absolute atomic E-state index is 0.0367. The molecule has 0 aromatic heterocycles. The van der Waals surface area contributed by atoms with Gasteiger partial charge < -0.3 is 4.74 Å². The summed E-state index contributed by atoms with van der Waals surface area (Å²) in [5.74, 6) is -2.04. The zero-order chi connectivity index (χ0) is 16.1. The van der Waals surface area contributed by atoms with Crippen molar-refractivity contribution in [1.29, 1.82) is 0 Å². The molecule has 0 N–H and O–H groups in total. The van der Waals surface area contributed by atoms with Gasteiger partial charge >= 0.3 is 5.97 Å². The van der Waals surface area contributed by atoms with Crippen molar-refractivity contribution < 1.29 is 18.7 Å². The second-order valence-corrected chi connectivity index (χ2v) is 5.48. The van der Waals surface area contributed by atoms with Gasteiger partial charge in [0, 0.05) is 10.0 Å². The summed E-state index contributed by atoms with van der Waals surface area (Å²) in [5, 5.41) is 0. The Labute approximate surface area is 136 Å². The van der Waals surface area contributed by atoms with Gasteiger partial charge in [0.15, 0.2) is 0 Å². The van der Waals surface area contributed by atoms with Crippen molar-refractivity contribution in [2.24, 2.45) is 0 Å². The maximum absolute atomic E-state index is 13.7. The van der Waals surface area contributed by atoms with Crippen LogP contribution >= 0.6 is 15.9 Å². The molecular weight excluding hydrogens is 351 g/mol. The number of alkyl halides is 1. The Morgan fingerprint density at radius 1 is 1.05 bits per heavy atom. The Kier molecular flexibility index (Phi) is 5.44. The lowest BCUT2D eigenvalue weighted by Gasteiger charge is -2.08. The lowest BCUT2D eigenvalue weighted by atomic mass is 10.0. The molecule has 0 bridgehead atoms. The molecule has 114 valence electrons. The zero-order valence-corrected chi connectivity index (χ0v) is 13.5. The second kappa shape index (κ2) is 7.31. The summed E-state index contributed by atoms with van der Waals surface area (Å²) in [7, 11) is 0. The highest BCUT2D eigenvalue weighted by Crippen LogP contribution is 2.22. The van der Waals surface area contributed by atoms with Gasteiger partial charge in [-0.15, -0.1) is 0 Å². The first kappa shape index (κ1) is 16.4. The molecule has 1 unspecified atom stereocenters. The van der Waals surface area contributed by atoms with Crippen LogP contribution in [0.3, 0.4) is 0 Å². The predicted molar refractivity (Wildman–Crippen MR) is 85.4 cm³/mol. The first-order valence-electron chi connectivity index (χ1n) is 6.74. The van der Waals surface area contributed by atoms with E-state index in [2.05, 4.69) is 20.7 Å². The highest BCUT2D eigenvalue weighted by Gasteiger charge is 2.28. The van der Waals surface area contributed by atoms with Crippen LogP contribution in [0, 0.1) is 0 Å². The number of carbonyl (C=O) groups excluding carboxylic acids is 2. The van der Waals surface area contributed by atoms with E-state index >= 15 is 0 Å². The molecule has 0 heterocycles. The Balaban J connectivity index is 2.16. The number of halogens is 2. The summed E-state index contributed by atoms with van der Waals surface area (Å²) < 4.78 is 19.2. The Hall–Kier alpha value is -2.01. The molecule has 0 aliphatic carbocycles. The molecule has 2 aromatic carbocycles. The van der Waals surface area contributed by atoms with Gasteiger partial charge in [0.05, 0.1) is 6.61 Å². The van der Waals surface area contributed by atoms with E-state index < -0.39 is 17.9 Å². The lowest BCUT2D eigenvalue weighted by molar-refractivity contribution is -0.147. The fourth-order valence-corrected chi connectivity index (χ4v) is 2.20. The summed E-state index contributed by atoms with van der Waals surface area (Å²) in [6, 6.07) is 14.1. The Bertz CT molecular complexity index is 665. The smallest absolute Gasteiger partial charge is 0.348 e. The van der Waals surface area contributed by atoms with Crippen LogP contribution in [0.4, 0.5) is 4.39 Å². The molecule has 0 amide bonds. The molecule has 2 rings (SSSR count). The molecule has 0 radical (unpaired) electrons. The molecule has 0 spiro atoms. The first-order valence-corrected chi connectivity index (χ1v) is 7.53. The van der Waals surface area contributed by atoms with Gasteiger partial charge in [0.1, 0.15) is 0 Å². The van der Waals surface area contributed by atoms with E-state index in [-0.39, 0.29) is 12.2 Å². The number of rotatable bonds is 5. The molecule has 1 atom stereocenters. The van der Waals surface area contributed by atoms with Gasteiger partial charge in [0.25, 0.3) is 6.17 Å². The number of ether oxygens (including phenoxy) is 1. The highest BCUT2D eigenvalue weighted by molar-refractivity contribution is 9.10. The van der Waals surface area contributed by atoms with Gasteiger partial charge in [-0.05, 0) is 30.2 Å². The van der Waals surface area contributed by atoms with Crippen molar-refractivity contribution in [2.75, 3.05) is 6.61 Å². The van der Waals surface area contributed by atoms with E-state index in [0.29, 0.717) is 0 Å². The SMILES string of the molecule is CCOC(=O)C(F)C(=O)c1ccc(-c2ccc(Br)cc2)cc1. The third-order valence-electron chi connectivity index (χ3n) is 3.07. The van der Waals surface area contributed by atoms with Crippen LogP contribution < -0.4 is 0 Å². The molecule has 3 nitrogen and oxygen atoms in total. The Morgan fingerprint density at radius 3 is 2.05 bits per heavy atom. The van der Waals surface area contributed by atoms with Crippen LogP contribution in [0.25, 0.3) is 11.1 Å². The van der Waals surface area contributed by atoms with E-state index in [4.69, 9.17) is 0 Å². The molecule has 0 fully saturated rings. The second-order valence-electron chi connectivity index (χ2n) is 4.56. The van der Waals surface area contributed by atoms with Crippen LogP contribution in [-0.4, -0.2) is 24.5 Å². The zero-order valence-electron chi connectivity index (χ0n) is 11.9. The van der Waals surface area contributed by atoms with E-state index in [1.54, 1.807) is 19.1 Å². The number of Topliss-reactive ketones (excluding diaryl/α,β-unsaturated/α-hetero) is 1. The molecule has 2 aromatic rings. The average Bonchev–Trinajstić information content (AvgIpc) is 2.54. The number of hydrogen-bond donors (Lipinski definition) is 0. The topological polar surface area (TPSA) is 43.4 Å². The summed E-state index contributed by atoms with van der Waals surface area (Å²) in [5.41, 5.74) is 2.02. The predicted octanol–water partition coefficient (Wildman–Crippen LogP) is 4.20. The third-order valence-corrected chi connectivity index (χ3v) is 3.60. The fraction of sp³-hybridized carbons (Fsp3) is 0.176. The van der Waals surface area contributed by atoms with Crippen LogP contribution in [0.5, 0.6) is 0 Å². The van der Waals surface area contributed by atoms with Crippen molar-refractivity contribution in [2.45, 2.75) is 13.1 Å². The third kappa shape index (κ3) is 3.80. The van der Waals surface area contributed by atoms with Gasteiger partial charge in [-0.2, -0.15) is 0 Å². The molecular formula is C17H14BrFO3. The van der Waals surface area contributed by atoms with Gasteiger partial charge in [-0.25, -0.2) is 9.18 Å². The highest BCUT2D eigenvalue weighted by atomic mass is 79.9. The number of hydrogen-bond acceptors (Lipinski definition) is 3. The molecule has 0 saturated heterocycles. The maximum Gasteiger partial charge on any atom is 0.348 e. The molecule has 0 saturated carbocycles. The summed E-state index contributed by atoms with van der Waals surface area (Å²) in [4.78, 5) is 23.1. The quantitative estimate of drug-likeness (QED) is 0.453. The minimum Gasteiger partial charge on any atom is -0.463 e. The van der Waals surface area contributed by atoms with E-state index in [1.807, 2.05) is 24.3 Å². The largest absolute Gasteiger partial charge is 0.463 e. The first-order chi connectivity index (χ1) is 10.5. The van der Waals surface area contributed by atoms with Crippen molar-refractivity contribution in [3.63, 3.8) is 0 Å².